The number of unbranched alkanes of at least 4 members (excludes halogenated alkanes) is 7. The minimum atomic E-state index is 0.682. The molecule has 1 heterocycles. The average Bonchev–Trinajstić information content (AvgIpc) is 3.19. The number of hydrogen-bond donors (Lipinski definition) is 0. The van der Waals surface area contributed by atoms with Gasteiger partial charge in [-0.3, -0.25) is 0 Å². The Morgan fingerprint density at radius 1 is 0.735 bits per heavy atom. The molecule has 3 nitrogen and oxygen atoms in total. The summed E-state index contributed by atoms with van der Waals surface area (Å²) in [6.45, 7) is 2.29. The van der Waals surface area contributed by atoms with Gasteiger partial charge in [0.2, 0.25) is 0 Å². The van der Waals surface area contributed by atoms with Crippen molar-refractivity contribution in [2.75, 3.05) is 13.2 Å². The van der Waals surface area contributed by atoms with E-state index in [1.54, 1.807) is 11.3 Å². The van der Waals surface area contributed by atoms with Crippen LogP contribution in [0.2, 0.25) is 0 Å². The van der Waals surface area contributed by atoms with E-state index >= 15 is 0 Å². The number of nitrogens with zero attached hydrogens (tertiary/aromatic N) is 1. The van der Waals surface area contributed by atoms with Gasteiger partial charge in [-0.1, -0.05) is 62.8 Å². The number of ether oxygens (including phenoxy) is 2. The van der Waals surface area contributed by atoms with Crippen LogP contribution in [0.15, 0.2) is 62.2 Å². The first-order valence-electron chi connectivity index (χ1n) is 11.9. The molecule has 0 fully saturated rings. The van der Waals surface area contributed by atoms with E-state index in [0.717, 1.165) is 50.5 Å². The van der Waals surface area contributed by atoms with Crippen LogP contribution < -0.4 is 4.74 Å². The van der Waals surface area contributed by atoms with Gasteiger partial charge in [0.15, 0.2) is 0 Å². The largest absolute Gasteiger partial charge is 0.494 e. The zero-order valence-electron chi connectivity index (χ0n) is 19.4. The number of hydrogen-bond acceptors (Lipinski definition) is 4. The van der Waals surface area contributed by atoms with Crippen LogP contribution in [0.5, 0.6) is 5.75 Å². The van der Waals surface area contributed by atoms with Crippen LogP contribution >= 0.6 is 43.2 Å². The van der Waals surface area contributed by atoms with Gasteiger partial charge in [0.05, 0.1) is 32.4 Å². The van der Waals surface area contributed by atoms with Gasteiger partial charge in [-0.25, -0.2) is 0 Å². The minimum absolute atomic E-state index is 0.682. The van der Waals surface area contributed by atoms with Crippen molar-refractivity contribution in [3.05, 3.63) is 73.3 Å². The van der Waals surface area contributed by atoms with Crippen molar-refractivity contribution in [1.82, 2.24) is 0 Å². The molecule has 6 heteroatoms. The Morgan fingerprint density at radius 2 is 1.29 bits per heavy atom. The minimum Gasteiger partial charge on any atom is -0.494 e. The van der Waals surface area contributed by atoms with Crippen LogP contribution in [-0.4, -0.2) is 13.2 Å². The first-order chi connectivity index (χ1) is 16.7. The fourth-order valence-electron chi connectivity index (χ4n) is 3.69. The number of thiophene rings is 1. The lowest BCUT2D eigenvalue weighted by molar-refractivity contribution is 0.116. The molecule has 180 valence electrons. The average molecular weight is 605 g/mol. The second-order valence-electron chi connectivity index (χ2n) is 8.29. The van der Waals surface area contributed by atoms with Crippen molar-refractivity contribution in [1.29, 1.82) is 5.26 Å². The molecule has 0 atom stereocenters. The zero-order chi connectivity index (χ0) is 24.0. The summed E-state index contributed by atoms with van der Waals surface area (Å²) in [5.74, 6) is 0.915. The molecule has 0 unspecified atom stereocenters. The Labute approximate surface area is 224 Å². The number of halogens is 2. The zero-order valence-corrected chi connectivity index (χ0v) is 23.4. The monoisotopic (exact) mass is 603 g/mol. The van der Waals surface area contributed by atoms with Gasteiger partial charge in [-0.05, 0) is 86.2 Å². The number of nitriles is 1. The highest BCUT2D eigenvalue weighted by molar-refractivity contribution is 9.12. The first kappa shape index (κ1) is 26.9. The van der Waals surface area contributed by atoms with E-state index in [4.69, 9.17) is 14.7 Å². The molecule has 3 rings (SSSR count). The topological polar surface area (TPSA) is 42.2 Å². The highest BCUT2D eigenvalue weighted by atomic mass is 79.9. The summed E-state index contributed by atoms with van der Waals surface area (Å²) in [6, 6.07) is 20.1. The van der Waals surface area contributed by atoms with Crippen LogP contribution in [0.4, 0.5) is 0 Å². The number of benzene rings is 2. The maximum Gasteiger partial charge on any atom is 0.119 e. The van der Waals surface area contributed by atoms with Gasteiger partial charge >= 0.3 is 0 Å². The van der Waals surface area contributed by atoms with Crippen LogP contribution in [0.1, 0.15) is 62.5 Å². The Hall–Kier alpha value is -1.65. The SMILES string of the molecule is N#Cc1ccc(-c2ccc(OCCCCCCCCCCOCc3cc(Br)sc3Br)cc2)cc1. The van der Waals surface area contributed by atoms with Crippen molar-refractivity contribution >= 4 is 43.2 Å². The van der Waals surface area contributed by atoms with E-state index in [-0.39, 0.29) is 0 Å². The van der Waals surface area contributed by atoms with Crippen LogP contribution in [0.25, 0.3) is 11.1 Å². The second-order valence-corrected chi connectivity index (χ2v) is 12.0. The Balaban J connectivity index is 1.15. The fraction of sp³-hybridized carbons (Fsp3) is 0.393. The van der Waals surface area contributed by atoms with Gasteiger partial charge in [-0.2, -0.15) is 5.26 Å². The summed E-state index contributed by atoms with van der Waals surface area (Å²) in [5, 5.41) is 8.91. The summed E-state index contributed by atoms with van der Waals surface area (Å²) >= 11 is 8.76. The first-order valence-corrected chi connectivity index (χ1v) is 14.3. The van der Waals surface area contributed by atoms with E-state index < -0.39 is 0 Å². The standard InChI is InChI=1S/C28H31Br2NO2S/c29-27-19-25(28(30)34-27)21-32-17-7-5-3-1-2-4-6-8-18-33-26-15-13-24(14-16-26)23-11-9-22(20-31)10-12-23/h9-16,19H,1-8,17-18,21H2. The molecule has 0 saturated heterocycles. The molecular formula is C28H31Br2NO2S. The van der Waals surface area contributed by atoms with Gasteiger partial charge in [-0.15, -0.1) is 11.3 Å². The van der Waals surface area contributed by atoms with Crippen LogP contribution in [0, 0.1) is 11.3 Å². The second kappa shape index (κ2) is 15.4. The Bertz CT molecular complexity index is 1030. The Morgan fingerprint density at radius 3 is 1.85 bits per heavy atom. The molecule has 2 aromatic carbocycles. The molecular weight excluding hydrogens is 574 g/mol. The fourth-order valence-corrected chi connectivity index (χ4v) is 6.48. The molecule has 0 saturated carbocycles. The molecule has 0 spiro atoms. The summed E-state index contributed by atoms with van der Waals surface area (Å²) < 4.78 is 14.0. The molecule has 0 radical (unpaired) electrons. The molecule has 0 aliphatic rings. The van der Waals surface area contributed by atoms with Gasteiger partial charge in [0.25, 0.3) is 0 Å². The molecule has 0 amide bonds. The molecule has 34 heavy (non-hydrogen) atoms. The molecule has 3 aromatic rings. The highest BCUT2D eigenvalue weighted by Gasteiger charge is 2.05. The third-order valence-electron chi connectivity index (χ3n) is 5.64. The molecule has 0 aliphatic heterocycles. The van der Waals surface area contributed by atoms with Gasteiger partial charge in [0.1, 0.15) is 5.75 Å². The van der Waals surface area contributed by atoms with Crippen molar-refractivity contribution in [3.63, 3.8) is 0 Å². The van der Waals surface area contributed by atoms with Gasteiger partial charge in [0, 0.05) is 12.2 Å². The predicted molar refractivity (Wildman–Crippen MR) is 148 cm³/mol. The maximum atomic E-state index is 8.91. The van der Waals surface area contributed by atoms with Crippen molar-refractivity contribution < 1.29 is 9.47 Å². The Kier molecular flexibility index (Phi) is 12.2. The van der Waals surface area contributed by atoms with Crippen LogP contribution in [0.3, 0.4) is 0 Å². The highest BCUT2D eigenvalue weighted by Crippen LogP contribution is 2.32. The summed E-state index contributed by atoms with van der Waals surface area (Å²) in [5.41, 5.74) is 4.15. The van der Waals surface area contributed by atoms with Crippen molar-refractivity contribution in [3.8, 4) is 22.9 Å². The predicted octanol–water partition coefficient (Wildman–Crippen LogP) is 9.53. The normalized spacial score (nSPS) is 10.9. The molecule has 0 bridgehead atoms. The smallest absolute Gasteiger partial charge is 0.119 e. The summed E-state index contributed by atoms with van der Waals surface area (Å²) in [7, 11) is 0. The summed E-state index contributed by atoms with van der Waals surface area (Å²) in [4.78, 5) is 0. The molecule has 0 aliphatic carbocycles. The maximum absolute atomic E-state index is 8.91. The number of rotatable bonds is 15. The van der Waals surface area contributed by atoms with Crippen molar-refractivity contribution in [2.45, 2.75) is 58.0 Å². The lowest BCUT2D eigenvalue weighted by atomic mass is 10.0. The third kappa shape index (κ3) is 9.54. The third-order valence-corrected chi connectivity index (χ3v) is 8.10. The van der Waals surface area contributed by atoms with E-state index in [0.29, 0.717) is 12.2 Å². The van der Waals surface area contributed by atoms with E-state index in [1.807, 2.05) is 36.4 Å². The van der Waals surface area contributed by atoms with E-state index in [2.05, 4.69) is 56.1 Å². The lowest BCUT2D eigenvalue weighted by Crippen LogP contribution is -1.97. The van der Waals surface area contributed by atoms with Gasteiger partial charge < -0.3 is 9.47 Å². The van der Waals surface area contributed by atoms with Crippen LogP contribution in [-0.2, 0) is 11.3 Å². The quantitative estimate of drug-likeness (QED) is 0.162. The summed E-state index contributed by atoms with van der Waals surface area (Å²) in [6.07, 6.45) is 9.88. The van der Waals surface area contributed by atoms with E-state index in [1.165, 1.54) is 44.1 Å². The lowest BCUT2D eigenvalue weighted by Gasteiger charge is -2.08. The van der Waals surface area contributed by atoms with E-state index in [9.17, 15) is 0 Å². The van der Waals surface area contributed by atoms with Crippen molar-refractivity contribution in [2.24, 2.45) is 0 Å². The molecule has 1 aromatic heterocycles. The molecule has 0 N–H and O–H groups in total.